The van der Waals surface area contributed by atoms with Crippen molar-refractivity contribution >= 4 is 17.7 Å². The molecule has 3 rings (SSSR count). The van der Waals surface area contributed by atoms with Gasteiger partial charge in [-0.25, -0.2) is 4.79 Å². The molecule has 0 amide bonds. The molecule has 0 saturated carbocycles. The van der Waals surface area contributed by atoms with Gasteiger partial charge >= 0.3 is 11.9 Å². The maximum Gasteiger partial charge on any atom is 0.337 e. The molecule has 1 N–H and O–H groups in total. The predicted octanol–water partition coefficient (Wildman–Crippen LogP) is 3.56. The molecule has 0 spiro atoms. The molecular formula is C24H29NO5. The number of carbonyl (C=O) groups is 3. The van der Waals surface area contributed by atoms with Gasteiger partial charge in [0.2, 0.25) is 0 Å². The van der Waals surface area contributed by atoms with E-state index in [2.05, 4.69) is 5.32 Å². The van der Waals surface area contributed by atoms with Gasteiger partial charge in [-0.3, -0.25) is 9.59 Å². The summed E-state index contributed by atoms with van der Waals surface area (Å²) in [5.74, 6) is -2.99. The Morgan fingerprint density at radius 3 is 2.33 bits per heavy atom. The standard InChI is InChI=1S/C24H29NO5/c1-12(2)30-24(28)19-15(5)25-17-11-14(4)18(23(27)29-6)22(26)21(17)20(19)16-9-7-13(3)8-10-16/h7-10,12,14,18,20,25H,11H2,1-6H3/t14-,18-,20+/m0/s1. The summed E-state index contributed by atoms with van der Waals surface area (Å²) >= 11 is 0. The van der Waals surface area contributed by atoms with Crippen molar-refractivity contribution in [1.82, 2.24) is 5.32 Å². The Bertz CT molecular complexity index is 939. The number of rotatable bonds is 4. The van der Waals surface area contributed by atoms with Crippen LogP contribution in [0.1, 0.15) is 51.2 Å². The number of hydrogen-bond donors (Lipinski definition) is 1. The first-order valence-corrected chi connectivity index (χ1v) is 10.3. The van der Waals surface area contributed by atoms with E-state index in [0.717, 1.165) is 16.8 Å². The monoisotopic (exact) mass is 411 g/mol. The van der Waals surface area contributed by atoms with Crippen LogP contribution in [-0.2, 0) is 23.9 Å². The lowest BCUT2D eigenvalue weighted by molar-refractivity contribution is -0.151. The highest BCUT2D eigenvalue weighted by atomic mass is 16.5. The highest BCUT2D eigenvalue weighted by molar-refractivity contribution is 6.12. The minimum atomic E-state index is -0.885. The van der Waals surface area contributed by atoms with Crippen molar-refractivity contribution in [3.63, 3.8) is 0 Å². The molecule has 1 heterocycles. The number of benzene rings is 1. The first kappa shape index (κ1) is 21.8. The molecule has 3 atom stereocenters. The lowest BCUT2D eigenvalue weighted by atomic mass is 9.69. The topological polar surface area (TPSA) is 81.7 Å². The fourth-order valence-electron chi connectivity index (χ4n) is 4.32. The third kappa shape index (κ3) is 3.91. The van der Waals surface area contributed by atoms with E-state index < -0.39 is 23.8 Å². The van der Waals surface area contributed by atoms with E-state index in [-0.39, 0.29) is 17.8 Å². The van der Waals surface area contributed by atoms with Crippen LogP contribution in [0.3, 0.4) is 0 Å². The van der Waals surface area contributed by atoms with E-state index in [1.54, 1.807) is 13.8 Å². The van der Waals surface area contributed by atoms with Crippen molar-refractivity contribution in [3.8, 4) is 0 Å². The molecule has 0 bridgehead atoms. The van der Waals surface area contributed by atoms with Gasteiger partial charge in [0.25, 0.3) is 0 Å². The maximum atomic E-state index is 13.5. The molecule has 1 aromatic rings. The van der Waals surface area contributed by atoms with Gasteiger partial charge in [-0.2, -0.15) is 0 Å². The summed E-state index contributed by atoms with van der Waals surface area (Å²) in [7, 11) is 1.29. The van der Waals surface area contributed by atoms with Crippen molar-refractivity contribution in [1.29, 1.82) is 0 Å². The molecule has 0 radical (unpaired) electrons. The third-order valence-corrected chi connectivity index (χ3v) is 5.72. The molecule has 0 saturated heterocycles. The molecule has 1 aliphatic carbocycles. The van der Waals surface area contributed by atoms with E-state index in [0.29, 0.717) is 23.3 Å². The summed E-state index contributed by atoms with van der Waals surface area (Å²) in [4.78, 5) is 39.0. The van der Waals surface area contributed by atoms with Gasteiger partial charge in [0.05, 0.1) is 18.8 Å². The predicted molar refractivity (Wildman–Crippen MR) is 112 cm³/mol. The van der Waals surface area contributed by atoms with E-state index in [1.165, 1.54) is 7.11 Å². The second kappa shape index (κ2) is 8.46. The Morgan fingerprint density at radius 1 is 1.13 bits per heavy atom. The fraction of sp³-hybridized carbons (Fsp3) is 0.458. The molecule has 2 aliphatic rings. The van der Waals surface area contributed by atoms with Crippen LogP contribution in [0.2, 0.25) is 0 Å². The van der Waals surface area contributed by atoms with Crippen LogP contribution in [-0.4, -0.2) is 30.9 Å². The molecule has 6 nitrogen and oxygen atoms in total. The Kier molecular flexibility index (Phi) is 6.15. The smallest absolute Gasteiger partial charge is 0.337 e. The SMILES string of the molecule is COC(=O)[C@@H]1C(=O)C2=C(C[C@@H]1C)NC(C)=C(C(=O)OC(C)C)[C@H]2c1ccc(C)cc1. The van der Waals surface area contributed by atoms with E-state index in [1.807, 2.05) is 45.0 Å². The zero-order chi connectivity index (χ0) is 22.2. The zero-order valence-electron chi connectivity index (χ0n) is 18.4. The average Bonchev–Trinajstić information content (AvgIpc) is 2.66. The largest absolute Gasteiger partial charge is 0.468 e. The number of methoxy groups -OCH3 is 1. The van der Waals surface area contributed by atoms with Gasteiger partial charge in [-0.1, -0.05) is 36.8 Å². The molecular weight excluding hydrogens is 382 g/mol. The van der Waals surface area contributed by atoms with Crippen molar-refractivity contribution in [3.05, 3.63) is 57.9 Å². The second-order valence-corrected chi connectivity index (χ2v) is 8.40. The highest BCUT2D eigenvalue weighted by Crippen LogP contribution is 2.45. The summed E-state index contributed by atoms with van der Waals surface area (Å²) in [6.07, 6.45) is 0.226. The summed E-state index contributed by atoms with van der Waals surface area (Å²) in [6.45, 7) is 9.25. The third-order valence-electron chi connectivity index (χ3n) is 5.72. The molecule has 30 heavy (non-hydrogen) atoms. The molecule has 0 aromatic heterocycles. The minimum absolute atomic E-state index is 0.202. The quantitative estimate of drug-likeness (QED) is 0.603. The van der Waals surface area contributed by atoms with E-state index >= 15 is 0 Å². The maximum absolute atomic E-state index is 13.5. The molecule has 0 fully saturated rings. The Balaban J connectivity index is 2.17. The number of esters is 2. The summed E-state index contributed by atoms with van der Waals surface area (Å²) < 4.78 is 10.4. The molecule has 0 unspecified atom stereocenters. The zero-order valence-corrected chi connectivity index (χ0v) is 18.4. The number of ketones is 1. The van der Waals surface area contributed by atoms with Crippen LogP contribution >= 0.6 is 0 Å². The van der Waals surface area contributed by atoms with Gasteiger partial charge in [-0.05, 0) is 45.6 Å². The number of ether oxygens (including phenoxy) is 2. The first-order valence-electron chi connectivity index (χ1n) is 10.3. The van der Waals surface area contributed by atoms with Crippen molar-refractivity contribution in [2.24, 2.45) is 11.8 Å². The molecule has 1 aromatic carbocycles. The number of Topliss-reactive ketones (excluding diaryl/α,β-unsaturated/α-hetero) is 1. The summed E-state index contributed by atoms with van der Waals surface area (Å²) in [5, 5.41) is 3.26. The molecule has 1 aliphatic heterocycles. The minimum Gasteiger partial charge on any atom is -0.468 e. The molecule has 6 heteroatoms. The number of aryl methyl sites for hydroxylation is 1. The van der Waals surface area contributed by atoms with E-state index in [4.69, 9.17) is 9.47 Å². The normalized spacial score (nSPS) is 23.8. The highest BCUT2D eigenvalue weighted by Gasteiger charge is 2.47. The molecule has 160 valence electrons. The number of hydrogen-bond acceptors (Lipinski definition) is 6. The summed E-state index contributed by atoms with van der Waals surface area (Å²) in [6, 6.07) is 7.74. The van der Waals surface area contributed by atoms with Crippen molar-refractivity contribution in [2.45, 2.75) is 53.1 Å². The van der Waals surface area contributed by atoms with Gasteiger partial charge in [0, 0.05) is 22.9 Å². The number of allylic oxidation sites excluding steroid dienone is 3. The Labute approximate surface area is 177 Å². The lowest BCUT2D eigenvalue weighted by Gasteiger charge is -2.38. The van der Waals surface area contributed by atoms with Gasteiger partial charge in [-0.15, -0.1) is 0 Å². The van der Waals surface area contributed by atoms with E-state index in [9.17, 15) is 14.4 Å². The van der Waals surface area contributed by atoms with Gasteiger partial charge < -0.3 is 14.8 Å². The average molecular weight is 411 g/mol. The van der Waals surface area contributed by atoms with Gasteiger partial charge in [0.15, 0.2) is 5.78 Å². The first-order chi connectivity index (χ1) is 14.1. The van der Waals surface area contributed by atoms with Crippen LogP contribution in [0.25, 0.3) is 0 Å². The lowest BCUT2D eigenvalue weighted by Crippen LogP contribution is -2.43. The van der Waals surface area contributed by atoms with Crippen LogP contribution in [0, 0.1) is 18.8 Å². The number of nitrogens with one attached hydrogen (secondary N) is 1. The fourth-order valence-corrected chi connectivity index (χ4v) is 4.32. The van der Waals surface area contributed by atoms with Crippen LogP contribution < -0.4 is 5.32 Å². The van der Waals surface area contributed by atoms with Crippen molar-refractivity contribution < 1.29 is 23.9 Å². The van der Waals surface area contributed by atoms with Crippen LogP contribution in [0.15, 0.2) is 46.8 Å². The Hall–Kier alpha value is -2.89. The van der Waals surface area contributed by atoms with Gasteiger partial charge in [0.1, 0.15) is 5.92 Å². The number of dihydropyridines is 1. The second-order valence-electron chi connectivity index (χ2n) is 8.40. The van der Waals surface area contributed by atoms with Crippen LogP contribution in [0.4, 0.5) is 0 Å². The summed E-state index contributed by atoms with van der Waals surface area (Å²) in [5.41, 5.74) is 4.17. The Morgan fingerprint density at radius 2 is 1.77 bits per heavy atom. The van der Waals surface area contributed by atoms with Crippen LogP contribution in [0.5, 0.6) is 0 Å². The van der Waals surface area contributed by atoms with Crippen molar-refractivity contribution in [2.75, 3.05) is 7.11 Å². The number of carbonyl (C=O) groups excluding carboxylic acids is 3.